The summed E-state index contributed by atoms with van der Waals surface area (Å²) in [7, 11) is 1.98. The monoisotopic (exact) mass is 242 g/mol. The van der Waals surface area contributed by atoms with Gasteiger partial charge in [0.15, 0.2) is 0 Å². The van der Waals surface area contributed by atoms with Crippen LogP contribution in [0.15, 0.2) is 0 Å². The molecule has 4 nitrogen and oxygen atoms in total. The molecule has 0 saturated heterocycles. The zero-order chi connectivity index (χ0) is 12.8. The predicted molar refractivity (Wildman–Crippen MR) is 68.6 cm³/mol. The molecule has 1 fully saturated rings. The Kier molecular flexibility index (Phi) is 5.92. The Morgan fingerprint density at radius 2 is 1.94 bits per heavy atom. The molecule has 0 amide bonds. The summed E-state index contributed by atoms with van der Waals surface area (Å²) >= 11 is 0. The molecule has 0 bridgehead atoms. The third-order valence-electron chi connectivity index (χ3n) is 3.39. The number of carbonyl (C=O) groups excluding carboxylic acids is 1. The van der Waals surface area contributed by atoms with Gasteiger partial charge in [-0.05, 0) is 45.1 Å². The summed E-state index contributed by atoms with van der Waals surface area (Å²) in [4.78, 5) is 11.7. The third kappa shape index (κ3) is 5.04. The normalized spacial score (nSPS) is 26.9. The van der Waals surface area contributed by atoms with Gasteiger partial charge in [-0.1, -0.05) is 13.8 Å². The SMILES string of the molecule is CNC1CCC(OC(=O)[C@@H](N)CC(C)C)CC1. The molecule has 0 heterocycles. The van der Waals surface area contributed by atoms with E-state index in [1.54, 1.807) is 0 Å². The fraction of sp³-hybridized carbons (Fsp3) is 0.923. The smallest absolute Gasteiger partial charge is 0.323 e. The Hall–Kier alpha value is -0.610. The van der Waals surface area contributed by atoms with E-state index < -0.39 is 6.04 Å². The minimum Gasteiger partial charge on any atom is -0.461 e. The highest BCUT2D eigenvalue weighted by molar-refractivity contribution is 5.75. The summed E-state index contributed by atoms with van der Waals surface area (Å²) in [5, 5.41) is 3.26. The zero-order valence-corrected chi connectivity index (χ0v) is 11.2. The standard InChI is InChI=1S/C13H26N2O2/c1-9(2)8-12(14)13(16)17-11-6-4-10(15-3)5-7-11/h9-12,15H,4-8,14H2,1-3H3/t10?,11?,12-/m0/s1. The predicted octanol–water partition coefficient (Wildman–Crippen LogP) is 1.43. The molecule has 0 aliphatic heterocycles. The number of hydrogen-bond acceptors (Lipinski definition) is 4. The van der Waals surface area contributed by atoms with Crippen molar-refractivity contribution < 1.29 is 9.53 Å². The van der Waals surface area contributed by atoms with Crippen LogP contribution in [0.4, 0.5) is 0 Å². The molecule has 1 rings (SSSR count). The second-order valence-electron chi connectivity index (χ2n) is 5.44. The summed E-state index contributed by atoms with van der Waals surface area (Å²) < 4.78 is 5.46. The molecular formula is C13H26N2O2. The molecule has 1 aliphatic carbocycles. The van der Waals surface area contributed by atoms with Crippen molar-refractivity contribution in [3.63, 3.8) is 0 Å². The molecule has 0 aromatic heterocycles. The molecule has 100 valence electrons. The summed E-state index contributed by atoms with van der Waals surface area (Å²) in [6, 6.07) is 0.117. The third-order valence-corrected chi connectivity index (χ3v) is 3.39. The lowest BCUT2D eigenvalue weighted by Gasteiger charge is -2.28. The average Bonchev–Trinajstić information content (AvgIpc) is 2.29. The van der Waals surface area contributed by atoms with Gasteiger partial charge in [-0.15, -0.1) is 0 Å². The maximum absolute atomic E-state index is 11.7. The maximum atomic E-state index is 11.7. The Labute approximate surface area is 104 Å². The average molecular weight is 242 g/mol. The van der Waals surface area contributed by atoms with Gasteiger partial charge in [0, 0.05) is 6.04 Å². The Bertz CT molecular complexity index is 236. The van der Waals surface area contributed by atoms with E-state index in [1.807, 2.05) is 7.05 Å². The highest BCUT2D eigenvalue weighted by Crippen LogP contribution is 2.21. The van der Waals surface area contributed by atoms with Crippen molar-refractivity contribution in [2.24, 2.45) is 11.7 Å². The van der Waals surface area contributed by atoms with E-state index in [0.717, 1.165) is 25.7 Å². The second kappa shape index (κ2) is 6.97. The first kappa shape index (κ1) is 14.5. The summed E-state index contributed by atoms with van der Waals surface area (Å²) in [6.45, 7) is 4.12. The van der Waals surface area contributed by atoms with Crippen molar-refractivity contribution in [3.05, 3.63) is 0 Å². The van der Waals surface area contributed by atoms with Gasteiger partial charge in [-0.2, -0.15) is 0 Å². The molecule has 1 atom stereocenters. The van der Waals surface area contributed by atoms with Crippen LogP contribution in [-0.2, 0) is 9.53 Å². The molecular weight excluding hydrogens is 216 g/mol. The number of nitrogens with two attached hydrogens (primary N) is 1. The number of ether oxygens (including phenoxy) is 1. The van der Waals surface area contributed by atoms with Crippen LogP contribution in [0.1, 0.15) is 46.0 Å². The van der Waals surface area contributed by atoms with E-state index in [9.17, 15) is 4.79 Å². The highest BCUT2D eigenvalue weighted by Gasteiger charge is 2.25. The van der Waals surface area contributed by atoms with Crippen LogP contribution >= 0.6 is 0 Å². The van der Waals surface area contributed by atoms with Crippen molar-refractivity contribution in [1.82, 2.24) is 5.32 Å². The molecule has 1 saturated carbocycles. The van der Waals surface area contributed by atoms with Gasteiger partial charge in [-0.25, -0.2) is 0 Å². The van der Waals surface area contributed by atoms with Gasteiger partial charge in [0.2, 0.25) is 0 Å². The van der Waals surface area contributed by atoms with Gasteiger partial charge in [-0.3, -0.25) is 4.79 Å². The molecule has 0 radical (unpaired) electrons. The highest BCUT2D eigenvalue weighted by atomic mass is 16.5. The van der Waals surface area contributed by atoms with Crippen molar-refractivity contribution in [2.75, 3.05) is 7.05 Å². The molecule has 1 aliphatic rings. The van der Waals surface area contributed by atoms with Gasteiger partial charge < -0.3 is 15.8 Å². The largest absolute Gasteiger partial charge is 0.461 e. The maximum Gasteiger partial charge on any atom is 0.323 e. The lowest BCUT2D eigenvalue weighted by Crippen LogP contribution is -2.39. The lowest BCUT2D eigenvalue weighted by molar-refractivity contribution is -0.152. The van der Waals surface area contributed by atoms with Gasteiger partial charge in [0.1, 0.15) is 12.1 Å². The molecule has 0 unspecified atom stereocenters. The molecule has 3 N–H and O–H groups in total. The van der Waals surface area contributed by atoms with Crippen molar-refractivity contribution in [1.29, 1.82) is 0 Å². The van der Waals surface area contributed by atoms with E-state index in [1.165, 1.54) is 0 Å². The molecule has 17 heavy (non-hydrogen) atoms. The zero-order valence-electron chi connectivity index (χ0n) is 11.2. The number of nitrogens with one attached hydrogen (secondary N) is 1. The quantitative estimate of drug-likeness (QED) is 0.716. The van der Waals surface area contributed by atoms with Crippen LogP contribution in [0.2, 0.25) is 0 Å². The van der Waals surface area contributed by atoms with Crippen LogP contribution in [0.25, 0.3) is 0 Å². The summed E-state index contributed by atoms with van der Waals surface area (Å²) in [6.07, 6.45) is 4.83. The Balaban J connectivity index is 2.27. The first-order valence-corrected chi connectivity index (χ1v) is 6.66. The fourth-order valence-electron chi connectivity index (χ4n) is 2.33. The van der Waals surface area contributed by atoms with Gasteiger partial charge in [0.05, 0.1) is 0 Å². The minimum atomic E-state index is -0.461. The van der Waals surface area contributed by atoms with E-state index in [2.05, 4.69) is 19.2 Å². The second-order valence-corrected chi connectivity index (χ2v) is 5.44. The van der Waals surface area contributed by atoms with E-state index >= 15 is 0 Å². The van der Waals surface area contributed by atoms with Crippen LogP contribution in [0, 0.1) is 5.92 Å². The first-order valence-electron chi connectivity index (χ1n) is 6.66. The van der Waals surface area contributed by atoms with E-state index in [0.29, 0.717) is 18.4 Å². The molecule has 0 aromatic rings. The summed E-state index contributed by atoms with van der Waals surface area (Å²) in [5.74, 6) is 0.198. The number of esters is 1. The van der Waals surface area contributed by atoms with Gasteiger partial charge in [0.25, 0.3) is 0 Å². The molecule has 4 heteroatoms. The van der Waals surface area contributed by atoms with E-state index in [-0.39, 0.29) is 12.1 Å². The van der Waals surface area contributed by atoms with Crippen molar-refractivity contribution >= 4 is 5.97 Å². The Morgan fingerprint density at radius 3 is 2.41 bits per heavy atom. The van der Waals surface area contributed by atoms with Crippen LogP contribution in [0.5, 0.6) is 0 Å². The Morgan fingerprint density at radius 1 is 1.35 bits per heavy atom. The summed E-state index contributed by atoms with van der Waals surface area (Å²) in [5.41, 5.74) is 5.80. The van der Waals surface area contributed by atoms with Crippen LogP contribution in [0.3, 0.4) is 0 Å². The number of carbonyl (C=O) groups is 1. The fourth-order valence-corrected chi connectivity index (χ4v) is 2.33. The molecule has 0 aromatic carbocycles. The van der Waals surface area contributed by atoms with Crippen LogP contribution < -0.4 is 11.1 Å². The number of hydrogen-bond donors (Lipinski definition) is 2. The van der Waals surface area contributed by atoms with E-state index in [4.69, 9.17) is 10.5 Å². The lowest BCUT2D eigenvalue weighted by atomic mass is 9.93. The molecule has 0 spiro atoms. The number of rotatable bonds is 5. The topological polar surface area (TPSA) is 64.3 Å². The van der Waals surface area contributed by atoms with Gasteiger partial charge >= 0.3 is 5.97 Å². The van der Waals surface area contributed by atoms with Crippen molar-refractivity contribution in [2.45, 2.75) is 64.1 Å². The van der Waals surface area contributed by atoms with Crippen molar-refractivity contribution in [3.8, 4) is 0 Å². The first-order chi connectivity index (χ1) is 8.02. The van der Waals surface area contributed by atoms with Crippen LogP contribution in [-0.4, -0.2) is 31.2 Å². The minimum absolute atomic E-state index is 0.0744.